The zero-order valence-electron chi connectivity index (χ0n) is 16.9. The highest BCUT2D eigenvalue weighted by Gasteiger charge is 2.23. The standard InChI is InChI=1S/C21H25FN4O3S/c1-13-15(20(28)25-21(23-13)26-7-9-29-10-8-26)3-5-19(27)24-17-6-11-30-18-4-2-14(22)12-16(17)18/h2,4,12,17H,3,5-11H2,1H3,(H,24,27)(H,23,25,28). The molecule has 3 heterocycles. The van der Waals surface area contributed by atoms with Crippen molar-refractivity contribution in [2.24, 2.45) is 0 Å². The molecule has 2 aliphatic heterocycles. The number of amides is 1. The third-order valence-corrected chi connectivity index (χ3v) is 6.59. The number of aryl methyl sites for hydroxylation is 1. The van der Waals surface area contributed by atoms with Crippen molar-refractivity contribution >= 4 is 23.6 Å². The third kappa shape index (κ3) is 4.67. The van der Waals surface area contributed by atoms with Crippen molar-refractivity contribution in [1.29, 1.82) is 0 Å². The highest BCUT2D eigenvalue weighted by Crippen LogP contribution is 2.36. The Morgan fingerprint density at radius 3 is 2.97 bits per heavy atom. The second-order valence-corrected chi connectivity index (χ2v) is 8.63. The van der Waals surface area contributed by atoms with Crippen LogP contribution in [0.25, 0.3) is 0 Å². The predicted octanol–water partition coefficient (Wildman–Crippen LogP) is 2.34. The van der Waals surface area contributed by atoms with Crippen LogP contribution >= 0.6 is 11.8 Å². The van der Waals surface area contributed by atoms with Crippen LogP contribution in [0.1, 0.15) is 35.7 Å². The highest BCUT2D eigenvalue weighted by molar-refractivity contribution is 7.99. The first-order chi connectivity index (χ1) is 14.5. The van der Waals surface area contributed by atoms with Gasteiger partial charge in [-0.15, -0.1) is 11.8 Å². The van der Waals surface area contributed by atoms with Crippen LogP contribution in [0, 0.1) is 12.7 Å². The average molecular weight is 433 g/mol. The molecule has 9 heteroatoms. The number of carbonyl (C=O) groups excluding carboxylic acids is 1. The summed E-state index contributed by atoms with van der Waals surface area (Å²) < 4.78 is 19.0. The second kappa shape index (κ2) is 9.18. The smallest absolute Gasteiger partial charge is 0.255 e. The van der Waals surface area contributed by atoms with Crippen LogP contribution in [0.2, 0.25) is 0 Å². The molecule has 2 N–H and O–H groups in total. The van der Waals surface area contributed by atoms with E-state index in [1.54, 1.807) is 24.8 Å². The van der Waals surface area contributed by atoms with Gasteiger partial charge in [0, 0.05) is 41.4 Å². The van der Waals surface area contributed by atoms with E-state index < -0.39 is 0 Å². The van der Waals surface area contributed by atoms with Gasteiger partial charge in [0.25, 0.3) is 5.56 Å². The predicted molar refractivity (Wildman–Crippen MR) is 114 cm³/mol. The van der Waals surface area contributed by atoms with Crippen LogP contribution in [0.15, 0.2) is 27.9 Å². The molecule has 160 valence electrons. The Morgan fingerprint density at radius 2 is 2.20 bits per heavy atom. The number of aromatic nitrogens is 2. The lowest BCUT2D eigenvalue weighted by molar-refractivity contribution is -0.121. The molecular formula is C21H25FN4O3S. The van der Waals surface area contributed by atoms with E-state index in [0.717, 1.165) is 22.6 Å². The Hall–Kier alpha value is -2.39. The normalized spacial score (nSPS) is 18.7. The molecule has 2 aromatic rings. The molecule has 30 heavy (non-hydrogen) atoms. The van der Waals surface area contributed by atoms with E-state index >= 15 is 0 Å². The molecule has 1 amide bonds. The largest absolute Gasteiger partial charge is 0.378 e. The van der Waals surface area contributed by atoms with Gasteiger partial charge in [-0.2, -0.15) is 0 Å². The van der Waals surface area contributed by atoms with E-state index in [0.29, 0.717) is 49.9 Å². The number of nitrogens with one attached hydrogen (secondary N) is 2. The number of thioether (sulfide) groups is 1. The lowest BCUT2D eigenvalue weighted by atomic mass is 10.0. The molecule has 4 rings (SSSR count). The van der Waals surface area contributed by atoms with Crippen molar-refractivity contribution < 1.29 is 13.9 Å². The van der Waals surface area contributed by atoms with Gasteiger partial charge in [0.1, 0.15) is 5.82 Å². The molecule has 0 bridgehead atoms. The van der Waals surface area contributed by atoms with Crippen molar-refractivity contribution in [3.05, 3.63) is 51.2 Å². The summed E-state index contributed by atoms with van der Waals surface area (Å²) in [5.74, 6) is 0.963. The van der Waals surface area contributed by atoms with E-state index in [4.69, 9.17) is 4.74 Å². The Labute approximate surface area is 178 Å². The monoisotopic (exact) mass is 432 g/mol. The van der Waals surface area contributed by atoms with Gasteiger partial charge in [0.05, 0.1) is 19.3 Å². The van der Waals surface area contributed by atoms with Gasteiger partial charge in [-0.3, -0.25) is 14.6 Å². The minimum Gasteiger partial charge on any atom is -0.378 e. The second-order valence-electron chi connectivity index (χ2n) is 7.49. The Kier molecular flexibility index (Phi) is 6.38. The first-order valence-electron chi connectivity index (χ1n) is 10.2. The molecule has 1 fully saturated rings. The number of carbonyl (C=O) groups is 1. The molecule has 7 nitrogen and oxygen atoms in total. The van der Waals surface area contributed by atoms with Gasteiger partial charge in [-0.25, -0.2) is 9.37 Å². The number of ether oxygens (including phenoxy) is 1. The maximum Gasteiger partial charge on any atom is 0.255 e. The van der Waals surface area contributed by atoms with Crippen LogP contribution in [0.4, 0.5) is 10.3 Å². The van der Waals surface area contributed by atoms with Crippen molar-refractivity contribution in [2.75, 3.05) is 37.0 Å². The van der Waals surface area contributed by atoms with Crippen LogP contribution in [-0.2, 0) is 16.0 Å². The number of morpholine rings is 1. The summed E-state index contributed by atoms with van der Waals surface area (Å²) in [5, 5.41) is 3.00. The first kappa shape index (κ1) is 20.9. The Morgan fingerprint density at radius 1 is 1.40 bits per heavy atom. The third-order valence-electron chi connectivity index (χ3n) is 5.47. The molecule has 0 saturated carbocycles. The molecule has 1 aromatic heterocycles. The molecule has 0 spiro atoms. The van der Waals surface area contributed by atoms with Gasteiger partial charge in [-0.05, 0) is 43.5 Å². The quantitative estimate of drug-likeness (QED) is 0.754. The summed E-state index contributed by atoms with van der Waals surface area (Å²) in [7, 11) is 0. The maximum absolute atomic E-state index is 13.7. The number of anilines is 1. The minimum atomic E-state index is -0.302. The SMILES string of the molecule is Cc1nc(N2CCOCC2)[nH]c(=O)c1CCC(=O)NC1CCSc2ccc(F)cc21. The van der Waals surface area contributed by atoms with E-state index in [2.05, 4.69) is 15.3 Å². The number of nitrogens with zero attached hydrogens (tertiary/aromatic N) is 2. The van der Waals surface area contributed by atoms with E-state index in [9.17, 15) is 14.0 Å². The number of rotatable bonds is 5. The summed E-state index contributed by atoms with van der Waals surface area (Å²) in [6.45, 7) is 4.39. The number of fused-ring (bicyclic) bond motifs is 1. The van der Waals surface area contributed by atoms with Gasteiger partial charge in [-0.1, -0.05) is 0 Å². The van der Waals surface area contributed by atoms with E-state index in [1.165, 1.54) is 12.1 Å². The molecule has 1 aromatic carbocycles. The molecule has 1 saturated heterocycles. The maximum atomic E-state index is 13.7. The molecular weight excluding hydrogens is 407 g/mol. The lowest BCUT2D eigenvalue weighted by Crippen LogP contribution is -2.38. The Bertz CT molecular complexity index is 991. The fourth-order valence-corrected chi connectivity index (χ4v) is 4.94. The van der Waals surface area contributed by atoms with Gasteiger partial charge < -0.3 is 15.0 Å². The summed E-state index contributed by atoms with van der Waals surface area (Å²) >= 11 is 1.67. The molecule has 1 atom stereocenters. The average Bonchev–Trinajstić information content (AvgIpc) is 2.74. The molecule has 0 radical (unpaired) electrons. The van der Waals surface area contributed by atoms with Gasteiger partial charge in [0.15, 0.2) is 0 Å². The summed E-state index contributed by atoms with van der Waals surface area (Å²) in [6, 6.07) is 4.50. The zero-order valence-corrected chi connectivity index (χ0v) is 17.7. The van der Waals surface area contributed by atoms with Crippen LogP contribution < -0.4 is 15.8 Å². The van der Waals surface area contributed by atoms with Gasteiger partial charge >= 0.3 is 0 Å². The summed E-state index contributed by atoms with van der Waals surface area (Å²) in [4.78, 5) is 35.5. The van der Waals surface area contributed by atoms with Crippen molar-refractivity contribution in [3.63, 3.8) is 0 Å². The first-order valence-corrected chi connectivity index (χ1v) is 11.1. The molecule has 0 aliphatic carbocycles. The topological polar surface area (TPSA) is 87.3 Å². The molecule has 2 aliphatic rings. The summed E-state index contributed by atoms with van der Waals surface area (Å²) in [5.41, 5.74) is 1.77. The minimum absolute atomic E-state index is 0.154. The van der Waals surface area contributed by atoms with E-state index in [1.807, 2.05) is 4.90 Å². The fraction of sp³-hybridized carbons (Fsp3) is 0.476. The zero-order chi connectivity index (χ0) is 21.1. The highest BCUT2D eigenvalue weighted by atomic mass is 32.2. The van der Waals surface area contributed by atoms with Crippen molar-refractivity contribution in [3.8, 4) is 0 Å². The number of aromatic amines is 1. The Balaban J connectivity index is 1.40. The van der Waals surface area contributed by atoms with Gasteiger partial charge in [0.2, 0.25) is 11.9 Å². The van der Waals surface area contributed by atoms with E-state index in [-0.39, 0.29) is 29.7 Å². The van der Waals surface area contributed by atoms with Crippen LogP contribution in [0.3, 0.4) is 0 Å². The molecule has 1 unspecified atom stereocenters. The lowest BCUT2D eigenvalue weighted by Gasteiger charge is -2.27. The number of hydrogen-bond acceptors (Lipinski definition) is 6. The number of benzene rings is 1. The van der Waals surface area contributed by atoms with Crippen molar-refractivity contribution in [1.82, 2.24) is 15.3 Å². The number of H-pyrrole nitrogens is 1. The van der Waals surface area contributed by atoms with Crippen molar-refractivity contribution in [2.45, 2.75) is 37.1 Å². The summed E-state index contributed by atoms with van der Waals surface area (Å²) in [6.07, 6.45) is 1.24. The van der Waals surface area contributed by atoms with Crippen LogP contribution in [-0.4, -0.2) is 47.9 Å². The number of halogens is 1. The fourth-order valence-electron chi connectivity index (χ4n) is 3.84. The number of hydrogen-bond donors (Lipinski definition) is 2. The van der Waals surface area contributed by atoms with Crippen LogP contribution in [0.5, 0.6) is 0 Å².